The maximum atomic E-state index is 11.0. The Morgan fingerprint density at radius 3 is 2.50 bits per heavy atom. The molecule has 4 heteroatoms. The molecule has 3 rings (SSSR count). The van der Waals surface area contributed by atoms with Gasteiger partial charge in [-0.3, -0.25) is 14.6 Å². The van der Waals surface area contributed by atoms with Gasteiger partial charge >= 0.3 is 5.97 Å². The second-order valence-electron chi connectivity index (χ2n) is 5.42. The highest BCUT2D eigenvalue weighted by molar-refractivity contribution is 5.70. The van der Waals surface area contributed by atoms with E-state index in [2.05, 4.69) is 9.80 Å². The molecule has 3 atom stereocenters. The van der Waals surface area contributed by atoms with Crippen molar-refractivity contribution < 1.29 is 9.90 Å². The normalized spacial score (nSPS) is 40.4. The molecule has 3 unspecified atom stereocenters. The molecule has 3 aliphatic heterocycles. The van der Waals surface area contributed by atoms with Crippen molar-refractivity contribution in [2.24, 2.45) is 5.92 Å². The fourth-order valence-corrected chi connectivity index (χ4v) is 3.77. The van der Waals surface area contributed by atoms with Crippen molar-refractivity contribution in [3.63, 3.8) is 0 Å². The minimum absolute atomic E-state index is 0.115. The molecule has 90 valence electrons. The molecule has 3 heterocycles. The minimum Gasteiger partial charge on any atom is -0.481 e. The Labute approximate surface area is 96.2 Å². The van der Waals surface area contributed by atoms with E-state index >= 15 is 0 Å². The van der Waals surface area contributed by atoms with E-state index in [-0.39, 0.29) is 5.92 Å². The van der Waals surface area contributed by atoms with Crippen LogP contribution in [0.15, 0.2) is 0 Å². The summed E-state index contributed by atoms with van der Waals surface area (Å²) in [4.78, 5) is 16.0. The number of rotatable bonds is 2. The van der Waals surface area contributed by atoms with E-state index in [4.69, 9.17) is 5.11 Å². The summed E-state index contributed by atoms with van der Waals surface area (Å²) in [6.07, 6.45) is 4.74. The fraction of sp³-hybridized carbons (Fsp3) is 0.917. The van der Waals surface area contributed by atoms with Gasteiger partial charge in [0.15, 0.2) is 0 Å². The lowest BCUT2D eigenvalue weighted by atomic mass is 10.1. The average molecular weight is 224 g/mol. The highest BCUT2D eigenvalue weighted by atomic mass is 16.4. The van der Waals surface area contributed by atoms with Crippen LogP contribution in [0.1, 0.15) is 25.7 Å². The first kappa shape index (κ1) is 10.5. The second-order valence-corrected chi connectivity index (χ2v) is 5.42. The standard InChI is InChI=1S/C12H20N2O2/c15-12(16)9-3-6-14(8-9)11-4-7-13-5-1-2-10(11)13/h9-11H,1-8H2,(H,15,16). The first-order valence-electron chi connectivity index (χ1n) is 6.46. The number of carboxylic acid groups (broad SMARTS) is 1. The summed E-state index contributed by atoms with van der Waals surface area (Å²) < 4.78 is 0. The molecule has 0 aliphatic carbocycles. The predicted octanol–water partition coefficient (Wildman–Crippen LogP) is 0.630. The van der Waals surface area contributed by atoms with Gasteiger partial charge < -0.3 is 5.11 Å². The van der Waals surface area contributed by atoms with Gasteiger partial charge in [-0.05, 0) is 38.8 Å². The average Bonchev–Trinajstić information content (AvgIpc) is 2.92. The van der Waals surface area contributed by atoms with Gasteiger partial charge in [0.05, 0.1) is 5.92 Å². The molecular formula is C12H20N2O2. The van der Waals surface area contributed by atoms with Gasteiger partial charge in [-0.15, -0.1) is 0 Å². The van der Waals surface area contributed by atoms with Crippen LogP contribution in [0.4, 0.5) is 0 Å². The zero-order valence-corrected chi connectivity index (χ0v) is 9.64. The summed E-state index contributed by atoms with van der Waals surface area (Å²) in [6, 6.07) is 1.37. The Bertz CT molecular complexity index is 295. The van der Waals surface area contributed by atoms with E-state index in [0.717, 1.165) is 25.6 Å². The maximum absolute atomic E-state index is 11.0. The Balaban J connectivity index is 1.64. The van der Waals surface area contributed by atoms with E-state index in [1.807, 2.05) is 0 Å². The van der Waals surface area contributed by atoms with Crippen molar-refractivity contribution in [2.45, 2.75) is 37.8 Å². The van der Waals surface area contributed by atoms with Crippen LogP contribution >= 0.6 is 0 Å². The third-order valence-electron chi connectivity index (χ3n) is 4.61. The summed E-state index contributed by atoms with van der Waals surface area (Å²) in [5, 5.41) is 9.02. The van der Waals surface area contributed by atoms with Gasteiger partial charge in [0, 0.05) is 25.2 Å². The molecule has 0 saturated carbocycles. The number of nitrogens with zero attached hydrogens (tertiary/aromatic N) is 2. The molecule has 0 bridgehead atoms. The fourth-order valence-electron chi connectivity index (χ4n) is 3.77. The van der Waals surface area contributed by atoms with Gasteiger partial charge in [0.25, 0.3) is 0 Å². The molecule has 0 amide bonds. The quantitative estimate of drug-likeness (QED) is 0.747. The van der Waals surface area contributed by atoms with E-state index in [1.54, 1.807) is 0 Å². The highest BCUT2D eigenvalue weighted by Crippen LogP contribution is 2.33. The molecule has 4 nitrogen and oxygen atoms in total. The third kappa shape index (κ3) is 1.64. The zero-order valence-electron chi connectivity index (χ0n) is 9.64. The monoisotopic (exact) mass is 224 g/mol. The number of fused-ring (bicyclic) bond motifs is 1. The van der Waals surface area contributed by atoms with Crippen molar-refractivity contribution in [1.29, 1.82) is 0 Å². The van der Waals surface area contributed by atoms with Gasteiger partial charge in [0.2, 0.25) is 0 Å². The molecule has 0 aromatic rings. The molecule has 3 fully saturated rings. The summed E-state index contributed by atoms with van der Waals surface area (Å²) in [5.74, 6) is -0.723. The van der Waals surface area contributed by atoms with Gasteiger partial charge in [-0.25, -0.2) is 0 Å². The van der Waals surface area contributed by atoms with Gasteiger partial charge in [-0.1, -0.05) is 0 Å². The van der Waals surface area contributed by atoms with Crippen molar-refractivity contribution >= 4 is 5.97 Å². The largest absolute Gasteiger partial charge is 0.481 e. The molecule has 16 heavy (non-hydrogen) atoms. The Hall–Kier alpha value is -0.610. The van der Waals surface area contributed by atoms with Crippen LogP contribution in [0.3, 0.4) is 0 Å². The number of hydrogen-bond acceptors (Lipinski definition) is 3. The van der Waals surface area contributed by atoms with Crippen LogP contribution in [0, 0.1) is 5.92 Å². The van der Waals surface area contributed by atoms with Gasteiger partial charge in [-0.2, -0.15) is 0 Å². The minimum atomic E-state index is -0.608. The van der Waals surface area contributed by atoms with Crippen LogP contribution in [0.5, 0.6) is 0 Å². The van der Waals surface area contributed by atoms with E-state index in [9.17, 15) is 4.79 Å². The zero-order chi connectivity index (χ0) is 11.1. The predicted molar refractivity (Wildman–Crippen MR) is 60.3 cm³/mol. The van der Waals surface area contributed by atoms with Crippen LogP contribution in [-0.4, -0.2) is 59.1 Å². The van der Waals surface area contributed by atoms with E-state index in [1.165, 1.54) is 32.4 Å². The topological polar surface area (TPSA) is 43.8 Å². The molecule has 1 N–H and O–H groups in total. The smallest absolute Gasteiger partial charge is 0.307 e. The molecule has 0 aromatic heterocycles. The van der Waals surface area contributed by atoms with E-state index < -0.39 is 5.97 Å². The molecular weight excluding hydrogens is 204 g/mol. The summed E-state index contributed by atoms with van der Waals surface area (Å²) in [5.41, 5.74) is 0. The Kier molecular flexibility index (Phi) is 2.64. The number of carbonyl (C=O) groups is 1. The first-order valence-corrected chi connectivity index (χ1v) is 6.46. The Morgan fingerprint density at radius 2 is 1.75 bits per heavy atom. The highest BCUT2D eigenvalue weighted by Gasteiger charge is 2.42. The number of carboxylic acids is 1. The molecule has 3 saturated heterocycles. The second kappa shape index (κ2) is 4.00. The molecule has 0 aromatic carbocycles. The summed E-state index contributed by atoms with van der Waals surface area (Å²) in [7, 11) is 0. The lowest BCUT2D eigenvalue weighted by molar-refractivity contribution is -0.141. The lowest BCUT2D eigenvalue weighted by Crippen LogP contribution is -2.41. The maximum Gasteiger partial charge on any atom is 0.307 e. The van der Waals surface area contributed by atoms with E-state index in [0.29, 0.717) is 6.04 Å². The molecule has 0 radical (unpaired) electrons. The van der Waals surface area contributed by atoms with Crippen LogP contribution < -0.4 is 0 Å². The Morgan fingerprint density at radius 1 is 1.00 bits per heavy atom. The van der Waals surface area contributed by atoms with Crippen molar-refractivity contribution in [1.82, 2.24) is 9.80 Å². The number of likely N-dealkylation sites (tertiary alicyclic amines) is 1. The van der Waals surface area contributed by atoms with Gasteiger partial charge in [0.1, 0.15) is 0 Å². The van der Waals surface area contributed by atoms with Crippen LogP contribution in [0.2, 0.25) is 0 Å². The molecule has 0 spiro atoms. The number of hydrogen-bond donors (Lipinski definition) is 1. The lowest BCUT2D eigenvalue weighted by Gasteiger charge is -2.29. The molecule has 3 aliphatic rings. The van der Waals surface area contributed by atoms with Crippen LogP contribution in [0.25, 0.3) is 0 Å². The van der Waals surface area contributed by atoms with Crippen molar-refractivity contribution in [2.75, 3.05) is 26.2 Å². The summed E-state index contributed by atoms with van der Waals surface area (Å²) >= 11 is 0. The first-order chi connectivity index (χ1) is 7.75. The van der Waals surface area contributed by atoms with Crippen LogP contribution in [-0.2, 0) is 4.79 Å². The third-order valence-corrected chi connectivity index (χ3v) is 4.61. The number of aliphatic carboxylic acids is 1. The van der Waals surface area contributed by atoms with Crippen molar-refractivity contribution in [3.05, 3.63) is 0 Å². The van der Waals surface area contributed by atoms with Crippen molar-refractivity contribution in [3.8, 4) is 0 Å². The summed E-state index contributed by atoms with van der Waals surface area (Å²) in [6.45, 7) is 4.26. The SMILES string of the molecule is O=C(O)C1CCN(C2CCN3CCCC23)C1.